The Labute approximate surface area is 189 Å². The first-order valence-corrected chi connectivity index (χ1v) is 10.5. The molecule has 0 saturated carbocycles. The summed E-state index contributed by atoms with van der Waals surface area (Å²) >= 11 is 0. The number of ether oxygens (including phenoxy) is 1. The molecule has 1 fully saturated rings. The minimum Gasteiger partial charge on any atom is -0.497 e. The van der Waals surface area contributed by atoms with Crippen molar-refractivity contribution in [1.29, 1.82) is 0 Å². The smallest absolute Gasteiger partial charge is 0.255 e. The SMILES string of the molecule is COc1ccc(F)c(-c2c(-c3ccc4c(c3)CN(C3CCC(=O)NC3=O)C4=O)ncn2C)c1. The van der Waals surface area contributed by atoms with Crippen molar-refractivity contribution in [1.82, 2.24) is 19.8 Å². The average molecular weight is 448 g/mol. The van der Waals surface area contributed by atoms with Crippen LogP contribution in [0.5, 0.6) is 5.75 Å². The van der Waals surface area contributed by atoms with Gasteiger partial charge < -0.3 is 14.2 Å². The second-order valence-electron chi connectivity index (χ2n) is 8.17. The van der Waals surface area contributed by atoms with E-state index >= 15 is 0 Å². The van der Waals surface area contributed by atoms with Gasteiger partial charge >= 0.3 is 0 Å². The van der Waals surface area contributed by atoms with Gasteiger partial charge in [-0.1, -0.05) is 6.07 Å². The summed E-state index contributed by atoms with van der Waals surface area (Å²) in [6, 6.07) is 9.18. The fourth-order valence-electron chi connectivity index (χ4n) is 4.49. The second kappa shape index (κ2) is 7.84. The molecule has 168 valence electrons. The number of halogens is 1. The predicted octanol–water partition coefficient (Wildman–Crippen LogP) is 2.66. The number of nitrogens with zero attached hydrogens (tertiary/aromatic N) is 3. The first-order valence-electron chi connectivity index (χ1n) is 10.5. The highest BCUT2D eigenvalue weighted by molar-refractivity contribution is 6.05. The van der Waals surface area contributed by atoms with Gasteiger partial charge in [-0.2, -0.15) is 0 Å². The molecule has 3 amide bonds. The number of carbonyl (C=O) groups is 3. The van der Waals surface area contributed by atoms with Crippen LogP contribution in [-0.4, -0.2) is 45.3 Å². The van der Waals surface area contributed by atoms with Crippen LogP contribution in [0.3, 0.4) is 0 Å². The molecule has 2 aromatic carbocycles. The van der Waals surface area contributed by atoms with Gasteiger partial charge in [-0.05, 0) is 42.3 Å². The standard InChI is InChI=1S/C24H21FN4O4/c1-28-12-26-21(22(28)17-10-15(33-2)4-6-18(17)25)13-3-5-16-14(9-13)11-29(24(16)32)19-7-8-20(30)27-23(19)31/h3-6,9-10,12,19H,7-8,11H2,1-2H3,(H,27,30,31). The minimum atomic E-state index is -0.678. The topological polar surface area (TPSA) is 93.5 Å². The maximum Gasteiger partial charge on any atom is 0.255 e. The number of benzene rings is 2. The number of hydrogen-bond acceptors (Lipinski definition) is 5. The molecule has 0 spiro atoms. The molecule has 8 nitrogen and oxygen atoms in total. The van der Waals surface area contributed by atoms with E-state index in [1.165, 1.54) is 18.1 Å². The Morgan fingerprint density at radius 1 is 1.12 bits per heavy atom. The van der Waals surface area contributed by atoms with Crippen LogP contribution in [-0.2, 0) is 23.2 Å². The van der Waals surface area contributed by atoms with E-state index in [4.69, 9.17) is 4.74 Å². The lowest BCUT2D eigenvalue weighted by Gasteiger charge is -2.29. The van der Waals surface area contributed by atoms with Gasteiger partial charge in [0.2, 0.25) is 11.8 Å². The van der Waals surface area contributed by atoms with E-state index in [0.29, 0.717) is 34.7 Å². The Hall–Kier alpha value is -4.01. The molecule has 0 radical (unpaired) electrons. The van der Waals surface area contributed by atoms with Crippen molar-refractivity contribution in [2.45, 2.75) is 25.4 Å². The monoisotopic (exact) mass is 448 g/mol. The predicted molar refractivity (Wildman–Crippen MR) is 117 cm³/mol. The van der Waals surface area contributed by atoms with Gasteiger partial charge in [-0.3, -0.25) is 19.7 Å². The molecule has 2 aliphatic rings. The lowest BCUT2D eigenvalue weighted by molar-refractivity contribution is -0.136. The van der Waals surface area contributed by atoms with Crippen LogP contribution < -0.4 is 10.1 Å². The summed E-state index contributed by atoms with van der Waals surface area (Å²) < 4.78 is 21.7. The van der Waals surface area contributed by atoms with Crippen molar-refractivity contribution in [2.24, 2.45) is 7.05 Å². The molecule has 3 heterocycles. The number of amides is 3. The summed E-state index contributed by atoms with van der Waals surface area (Å²) in [5.41, 5.74) is 3.49. The maximum atomic E-state index is 14.7. The summed E-state index contributed by atoms with van der Waals surface area (Å²) in [6.07, 6.45) is 2.11. The van der Waals surface area contributed by atoms with Gasteiger partial charge in [0, 0.05) is 36.7 Å². The van der Waals surface area contributed by atoms with Crippen molar-refractivity contribution in [3.63, 3.8) is 0 Å². The van der Waals surface area contributed by atoms with Crippen LogP contribution in [0.2, 0.25) is 0 Å². The third-order valence-corrected chi connectivity index (χ3v) is 6.16. The number of imidazole rings is 1. The first kappa shape index (κ1) is 20.9. The Kier molecular flexibility index (Phi) is 4.96. The quantitative estimate of drug-likeness (QED) is 0.620. The number of rotatable bonds is 4. The molecular weight excluding hydrogens is 427 g/mol. The lowest BCUT2D eigenvalue weighted by Crippen LogP contribution is -2.52. The molecule has 1 unspecified atom stereocenters. The van der Waals surface area contributed by atoms with Crippen LogP contribution >= 0.6 is 0 Å². The van der Waals surface area contributed by atoms with Crippen molar-refractivity contribution in [2.75, 3.05) is 7.11 Å². The van der Waals surface area contributed by atoms with Crippen LogP contribution in [0, 0.1) is 5.82 Å². The van der Waals surface area contributed by atoms with Crippen molar-refractivity contribution in [3.8, 4) is 28.3 Å². The highest BCUT2D eigenvalue weighted by atomic mass is 19.1. The molecule has 0 aliphatic carbocycles. The Balaban J connectivity index is 1.51. The number of imide groups is 1. The number of piperidine rings is 1. The van der Waals surface area contributed by atoms with Crippen LogP contribution in [0.1, 0.15) is 28.8 Å². The Bertz CT molecular complexity index is 1320. The third-order valence-electron chi connectivity index (χ3n) is 6.16. The fraction of sp³-hybridized carbons (Fsp3) is 0.250. The van der Waals surface area contributed by atoms with Gasteiger partial charge in [-0.25, -0.2) is 9.37 Å². The highest BCUT2D eigenvalue weighted by Crippen LogP contribution is 2.36. The molecule has 1 saturated heterocycles. The van der Waals surface area contributed by atoms with Gasteiger partial charge in [0.25, 0.3) is 5.91 Å². The second-order valence-corrected chi connectivity index (χ2v) is 8.17. The number of nitrogens with one attached hydrogen (secondary N) is 1. The number of hydrogen-bond donors (Lipinski definition) is 1. The molecule has 33 heavy (non-hydrogen) atoms. The van der Waals surface area contributed by atoms with Crippen LogP contribution in [0.15, 0.2) is 42.7 Å². The van der Waals surface area contributed by atoms with E-state index in [-0.39, 0.29) is 24.8 Å². The normalized spacial score (nSPS) is 17.8. The van der Waals surface area contributed by atoms with Crippen molar-refractivity contribution >= 4 is 17.7 Å². The van der Waals surface area contributed by atoms with Crippen molar-refractivity contribution < 1.29 is 23.5 Å². The molecular formula is C24H21FN4O4. The molecule has 3 aromatic rings. The van der Waals surface area contributed by atoms with E-state index in [2.05, 4.69) is 10.3 Å². The summed E-state index contributed by atoms with van der Waals surface area (Å²) in [4.78, 5) is 42.7. The summed E-state index contributed by atoms with van der Waals surface area (Å²) in [5.74, 6) is -0.895. The Morgan fingerprint density at radius 3 is 2.70 bits per heavy atom. The summed E-state index contributed by atoms with van der Waals surface area (Å²) in [7, 11) is 3.30. The van der Waals surface area contributed by atoms with E-state index in [0.717, 1.165) is 11.1 Å². The molecule has 2 aliphatic heterocycles. The van der Waals surface area contributed by atoms with Gasteiger partial charge in [0.15, 0.2) is 0 Å². The molecule has 1 atom stereocenters. The number of methoxy groups -OCH3 is 1. The summed E-state index contributed by atoms with van der Waals surface area (Å²) in [5, 5.41) is 2.30. The zero-order chi connectivity index (χ0) is 23.3. The number of carbonyl (C=O) groups excluding carboxylic acids is 3. The summed E-state index contributed by atoms with van der Waals surface area (Å²) in [6.45, 7) is 0.254. The highest BCUT2D eigenvalue weighted by Gasteiger charge is 2.39. The maximum absolute atomic E-state index is 14.7. The molecule has 1 aromatic heterocycles. The van der Waals surface area contributed by atoms with Crippen LogP contribution in [0.4, 0.5) is 4.39 Å². The van der Waals surface area contributed by atoms with Gasteiger partial charge in [0.1, 0.15) is 17.6 Å². The Morgan fingerprint density at radius 2 is 1.94 bits per heavy atom. The van der Waals surface area contributed by atoms with Gasteiger partial charge in [-0.15, -0.1) is 0 Å². The van der Waals surface area contributed by atoms with E-state index in [9.17, 15) is 18.8 Å². The van der Waals surface area contributed by atoms with E-state index in [1.54, 1.807) is 42.2 Å². The van der Waals surface area contributed by atoms with E-state index < -0.39 is 17.8 Å². The molecule has 5 rings (SSSR count). The third kappa shape index (κ3) is 3.45. The molecule has 0 bridgehead atoms. The van der Waals surface area contributed by atoms with E-state index in [1.807, 2.05) is 6.07 Å². The largest absolute Gasteiger partial charge is 0.497 e. The molecule has 1 N–H and O–H groups in total. The lowest BCUT2D eigenvalue weighted by atomic mass is 10.00. The molecule has 9 heteroatoms. The zero-order valence-electron chi connectivity index (χ0n) is 18.1. The van der Waals surface area contributed by atoms with Gasteiger partial charge in [0.05, 0.1) is 24.8 Å². The number of aromatic nitrogens is 2. The fourth-order valence-corrected chi connectivity index (χ4v) is 4.49. The van der Waals surface area contributed by atoms with Crippen LogP contribution in [0.25, 0.3) is 22.5 Å². The number of fused-ring (bicyclic) bond motifs is 1. The minimum absolute atomic E-state index is 0.200. The first-order chi connectivity index (χ1) is 15.9. The van der Waals surface area contributed by atoms with Crippen molar-refractivity contribution in [3.05, 3.63) is 59.7 Å². The average Bonchev–Trinajstić information content (AvgIpc) is 3.34. The zero-order valence-corrected chi connectivity index (χ0v) is 18.1. The number of aryl methyl sites for hydroxylation is 1.